The van der Waals surface area contributed by atoms with Gasteiger partial charge in [-0.05, 0) is 31.4 Å². The van der Waals surface area contributed by atoms with Crippen molar-refractivity contribution >= 4 is 0 Å². The van der Waals surface area contributed by atoms with Crippen molar-refractivity contribution in [1.82, 2.24) is 0 Å². The van der Waals surface area contributed by atoms with Crippen LogP contribution in [0.4, 0.5) is 0 Å². The fourth-order valence-electron chi connectivity index (χ4n) is 1.38. The molecule has 3 heteroatoms. The van der Waals surface area contributed by atoms with E-state index in [-0.39, 0.29) is 6.61 Å². The Labute approximate surface area is 90.0 Å². The molecular weight excluding hydrogens is 192 g/mol. The third-order valence-corrected chi connectivity index (χ3v) is 2.75. The van der Waals surface area contributed by atoms with Crippen LogP contribution in [-0.4, -0.2) is 28.0 Å². The number of benzene rings is 1. The van der Waals surface area contributed by atoms with Gasteiger partial charge in [-0.3, -0.25) is 0 Å². The summed E-state index contributed by atoms with van der Waals surface area (Å²) < 4.78 is 0. The predicted molar refractivity (Wildman–Crippen MR) is 58.5 cm³/mol. The molecule has 0 fully saturated rings. The lowest BCUT2D eigenvalue weighted by atomic mass is 9.90. The van der Waals surface area contributed by atoms with Gasteiger partial charge in [0.2, 0.25) is 0 Å². The van der Waals surface area contributed by atoms with Gasteiger partial charge in [-0.1, -0.05) is 24.3 Å². The van der Waals surface area contributed by atoms with Crippen LogP contribution in [-0.2, 0) is 12.0 Å². The van der Waals surface area contributed by atoms with E-state index in [1.807, 2.05) is 12.1 Å². The molecule has 0 aliphatic carbocycles. The number of aliphatic hydroxyl groups is 3. The van der Waals surface area contributed by atoms with Crippen molar-refractivity contribution < 1.29 is 15.3 Å². The van der Waals surface area contributed by atoms with Gasteiger partial charge in [0.25, 0.3) is 0 Å². The lowest BCUT2D eigenvalue weighted by molar-refractivity contribution is -0.0569. The summed E-state index contributed by atoms with van der Waals surface area (Å²) in [5.41, 5.74) is 0.472. The van der Waals surface area contributed by atoms with Crippen LogP contribution in [0.5, 0.6) is 0 Å². The molecule has 3 N–H and O–H groups in total. The summed E-state index contributed by atoms with van der Waals surface area (Å²) in [6, 6.07) is 7.25. The number of rotatable bonds is 4. The molecule has 84 valence electrons. The molecule has 0 aliphatic rings. The molecule has 0 amide bonds. The van der Waals surface area contributed by atoms with Crippen LogP contribution in [0.3, 0.4) is 0 Å². The third-order valence-electron chi connectivity index (χ3n) is 2.75. The molecular formula is C12H18O3. The molecule has 0 heterocycles. The second-order valence-electron chi connectivity index (χ2n) is 3.99. The average molecular weight is 210 g/mol. The molecule has 0 aliphatic heterocycles. The van der Waals surface area contributed by atoms with Gasteiger partial charge < -0.3 is 15.3 Å². The number of aliphatic hydroxyl groups excluding tert-OH is 2. The van der Waals surface area contributed by atoms with Crippen molar-refractivity contribution in [3.05, 3.63) is 35.4 Å². The fraction of sp³-hybridized carbons (Fsp3) is 0.500. The van der Waals surface area contributed by atoms with Crippen molar-refractivity contribution in [1.29, 1.82) is 0 Å². The van der Waals surface area contributed by atoms with Crippen LogP contribution < -0.4 is 0 Å². The maximum Gasteiger partial charge on any atom is 0.112 e. The molecule has 0 bridgehead atoms. The summed E-state index contributed by atoms with van der Waals surface area (Å²) in [5, 5.41) is 28.1. The van der Waals surface area contributed by atoms with Crippen molar-refractivity contribution in [3.63, 3.8) is 0 Å². The zero-order chi connectivity index (χ0) is 11.5. The molecule has 0 radical (unpaired) electrons. The van der Waals surface area contributed by atoms with E-state index in [9.17, 15) is 10.2 Å². The van der Waals surface area contributed by atoms with Gasteiger partial charge in [-0.15, -0.1) is 0 Å². The molecule has 3 nitrogen and oxygen atoms in total. The lowest BCUT2D eigenvalue weighted by Crippen LogP contribution is -2.34. The topological polar surface area (TPSA) is 60.7 Å². The normalized spacial score (nSPS) is 17.1. The Morgan fingerprint density at radius 3 is 2.20 bits per heavy atom. The van der Waals surface area contributed by atoms with Crippen LogP contribution >= 0.6 is 0 Å². The van der Waals surface area contributed by atoms with Crippen molar-refractivity contribution in [3.8, 4) is 0 Å². The monoisotopic (exact) mass is 210 g/mol. The Hall–Kier alpha value is -0.900. The molecule has 1 aromatic rings. The minimum atomic E-state index is -1.22. The Balaban J connectivity index is 2.88. The summed E-state index contributed by atoms with van der Waals surface area (Å²) in [5.74, 6) is 0. The highest BCUT2D eigenvalue weighted by Crippen LogP contribution is 2.24. The molecule has 0 saturated carbocycles. The van der Waals surface area contributed by atoms with Gasteiger partial charge in [-0.25, -0.2) is 0 Å². The fourth-order valence-corrected chi connectivity index (χ4v) is 1.38. The maximum atomic E-state index is 9.98. The molecule has 0 aromatic heterocycles. The van der Waals surface area contributed by atoms with Gasteiger partial charge in [0.05, 0.1) is 6.10 Å². The van der Waals surface area contributed by atoms with E-state index in [1.165, 1.54) is 0 Å². The Morgan fingerprint density at radius 2 is 1.80 bits per heavy atom. The van der Waals surface area contributed by atoms with E-state index in [0.29, 0.717) is 12.0 Å². The Kier molecular flexibility index (Phi) is 3.85. The van der Waals surface area contributed by atoms with Crippen LogP contribution in [0, 0.1) is 0 Å². The largest absolute Gasteiger partial charge is 0.396 e. The molecule has 0 spiro atoms. The quantitative estimate of drug-likeness (QED) is 0.689. The Bertz CT molecular complexity index is 301. The molecule has 2 atom stereocenters. The first-order valence-electron chi connectivity index (χ1n) is 5.09. The van der Waals surface area contributed by atoms with Gasteiger partial charge in [0, 0.05) is 6.61 Å². The zero-order valence-electron chi connectivity index (χ0n) is 9.14. The minimum Gasteiger partial charge on any atom is -0.396 e. The summed E-state index contributed by atoms with van der Waals surface area (Å²) in [7, 11) is 0. The SMILES string of the molecule is CC(O)C(C)(O)c1ccc(CCO)cc1. The van der Waals surface area contributed by atoms with Crippen LogP contribution in [0.25, 0.3) is 0 Å². The zero-order valence-corrected chi connectivity index (χ0v) is 9.14. The summed E-state index contributed by atoms with van der Waals surface area (Å²) in [6.45, 7) is 3.26. The standard InChI is InChI=1S/C12H18O3/c1-9(14)12(2,15)11-5-3-10(4-6-11)7-8-13/h3-6,9,13-15H,7-8H2,1-2H3. The average Bonchev–Trinajstić information content (AvgIpc) is 2.19. The van der Waals surface area contributed by atoms with E-state index in [2.05, 4.69) is 0 Å². The molecule has 1 aromatic carbocycles. The van der Waals surface area contributed by atoms with Crippen LogP contribution in [0.1, 0.15) is 25.0 Å². The Morgan fingerprint density at radius 1 is 1.27 bits per heavy atom. The lowest BCUT2D eigenvalue weighted by Gasteiger charge is -2.27. The second kappa shape index (κ2) is 4.75. The van der Waals surface area contributed by atoms with Crippen LogP contribution in [0.2, 0.25) is 0 Å². The molecule has 2 unspecified atom stereocenters. The highest BCUT2D eigenvalue weighted by Gasteiger charge is 2.28. The number of hydrogen-bond acceptors (Lipinski definition) is 3. The highest BCUT2D eigenvalue weighted by atomic mass is 16.3. The van der Waals surface area contributed by atoms with Crippen molar-refractivity contribution in [2.45, 2.75) is 32.0 Å². The van der Waals surface area contributed by atoms with Crippen molar-refractivity contribution in [2.75, 3.05) is 6.61 Å². The van der Waals surface area contributed by atoms with E-state index >= 15 is 0 Å². The highest BCUT2D eigenvalue weighted by molar-refractivity contribution is 5.27. The van der Waals surface area contributed by atoms with Crippen molar-refractivity contribution in [2.24, 2.45) is 0 Å². The number of hydrogen-bond donors (Lipinski definition) is 3. The van der Waals surface area contributed by atoms with E-state index < -0.39 is 11.7 Å². The van der Waals surface area contributed by atoms with Gasteiger partial charge >= 0.3 is 0 Å². The molecule has 0 saturated heterocycles. The first-order valence-corrected chi connectivity index (χ1v) is 5.09. The second-order valence-corrected chi connectivity index (χ2v) is 3.99. The third kappa shape index (κ3) is 2.78. The van der Waals surface area contributed by atoms with E-state index in [4.69, 9.17) is 5.11 Å². The predicted octanol–water partition coefficient (Wildman–Crippen LogP) is 0.810. The van der Waals surface area contributed by atoms with Gasteiger partial charge in [-0.2, -0.15) is 0 Å². The maximum absolute atomic E-state index is 9.98. The van der Waals surface area contributed by atoms with Gasteiger partial charge in [0.1, 0.15) is 5.60 Å². The smallest absolute Gasteiger partial charge is 0.112 e. The first kappa shape index (κ1) is 12.2. The van der Waals surface area contributed by atoms with Crippen LogP contribution in [0.15, 0.2) is 24.3 Å². The summed E-state index contributed by atoms with van der Waals surface area (Å²) in [6.07, 6.45) is -0.210. The minimum absolute atomic E-state index is 0.117. The first-order chi connectivity index (χ1) is 6.98. The molecule has 1 rings (SSSR count). The summed E-state index contributed by atoms with van der Waals surface area (Å²) in [4.78, 5) is 0. The van der Waals surface area contributed by atoms with Gasteiger partial charge in [0.15, 0.2) is 0 Å². The summed E-state index contributed by atoms with van der Waals surface area (Å²) >= 11 is 0. The van der Waals surface area contributed by atoms with E-state index in [1.54, 1.807) is 26.0 Å². The van der Waals surface area contributed by atoms with E-state index in [0.717, 1.165) is 5.56 Å². The molecule has 15 heavy (non-hydrogen) atoms.